The van der Waals surface area contributed by atoms with Crippen LogP contribution in [0.3, 0.4) is 0 Å². The van der Waals surface area contributed by atoms with Crippen molar-refractivity contribution in [2.75, 3.05) is 18.1 Å². The van der Waals surface area contributed by atoms with Crippen LogP contribution >= 0.6 is 0 Å². The third kappa shape index (κ3) is 4.31. The molecular weight excluding hydrogens is 370 g/mol. The molecule has 5 nitrogen and oxygen atoms in total. The van der Waals surface area contributed by atoms with E-state index in [0.717, 1.165) is 16.7 Å². The molecule has 148 valence electrons. The molecule has 0 aromatic heterocycles. The van der Waals surface area contributed by atoms with Crippen molar-refractivity contribution in [3.8, 4) is 0 Å². The number of rotatable bonds is 5. The van der Waals surface area contributed by atoms with Crippen molar-refractivity contribution in [1.29, 1.82) is 0 Å². The Bertz CT molecular complexity index is 858. The van der Waals surface area contributed by atoms with Gasteiger partial charge in [0, 0.05) is 12.6 Å². The van der Waals surface area contributed by atoms with Crippen molar-refractivity contribution in [2.24, 2.45) is 0 Å². The molecule has 1 aliphatic rings. The van der Waals surface area contributed by atoms with Gasteiger partial charge >= 0.3 is 0 Å². The topological polar surface area (TPSA) is 71.5 Å². The molecule has 0 bridgehead atoms. The molecule has 2 rings (SSSR count). The van der Waals surface area contributed by atoms with Crippen molar-refractivity contribution in [3.05, 3.63) is 28.8 Å². The summed E-state index contributed by atoms with van der Waals surface area (Å²) in [7, 11) is -6.91. The first-order valence-electron chi connectivity index (χ1n) is 9.13. The number of sulfone groups is 1. The fourth-order valence-electron chi connectivity index (χ4n) is 3.63. The minimum Gasteiger partial charge on any atom is -0.229 e. The molecule has 1 aromatic rings. The molecule has 0 N–H and O–H groups in total. The summed E-state index contributed by atoms with van der Waals surface area (Å²) >= 11 is 0. The lowest BCUT2D eigenvalue weighted by atomic mass is 9.85. The van der Waals surface area contributed by atoms with E-state index < -0.39 is 25.9 Å². The Morgan fingerprint density at radius 2 is 1.69 bits per heavy atom. The minimum atomic E-state index is -3.75. The predicted octanol–water partition coefficient (Wildman–Crippen LogP) is 3.19. The first-order chi connectivity index (χ1) is 11.8. The number of hydrogen-bond acceptors (Lipinski definition) is 4. The van der Waals surface area contributed by atoms with Crippen LogP contribution in [0.1, 0.15) is 57.2 Å². The van der Waals surface area contributed by atoms with Gasteiger partial charge in [0.15, 0.2) is 9.84 Å². The second kappa shape index (κ2) is 7.24. The first-order valence-corrected chi connectivity index (χ1v) is 12.4. The molecule has 1 unspecified atom stereocenters. The zero-order valence-corrected chi connectivity index (χ0v) is 18.3. The van der Waals surface area contributed by atoms with Gasteiger partial charge in [-0.15, -0.1) is 0 Å². The number of hydrogen-bond donors (Lipinski definition) is 0. The van der Waals surface area contributed by atoms with Crippen LogP contribution in [0.25, 0.3) is 0 Å². The highest BCUT2D eigenvalue weighted by atomic mass is 32.2. The maximum Gasteiger partial charge on any atom is 0.243 e. The lowest BCUT2D eigenvalue weighted by Crippen LogP contribution is -2.42. The highest BCUT2D eigenvalue weighted by molar-refractivity contribution is 7.92. The Kier molecular flexibility index (Phi) is 5.96. The van der Waals surface area contributed by atoms with E-state index in [9.17, 15) is 16.8 Å². The van der Waals surface area contributed by atoms with E-state index in [2.05, 4.69) is 20.8 Å². The summed E-state index contributed by atoms with van der Waals surface area (Å²) in [6, 6.07) is 3.41. The van der Waals surface area contributed by atoms with Gasteiger partial charge in [-0.05, 0) is 48.8 Å². The number of sulfonamides is 1. The SMILES string of the molecule is CCCN(C1CCS(=O)(=O)C1)S(=O)(=O)c1c(C)cc(C(C)(C)C)cc1C. The maximum absolute atomic E-state index is 13.5. The average molecular weight is 402 g/mol. The number of nitrogens with zero attached hydrogens (tertiary/aromatic N) is 1. The first kappa shape index (κ1) is 21.4. The van der Waals surface area contributed by atoms with Crippen LogP contribution in [0.2, 0.25) is 0 Å². The molecule has 1 aliphatic heterocycles. The quantitative estimate of drug-likeness (QED) is 0.760. The van der Waals surface area contributed by atoms with E-state index in [1.54, 1.807) is 0 Å². The Labute approximate surface area is 158 Å². The summed E-state index contributed by atoms with van der Waals surface area (Å²) in [5, 5.41) is 0. The molecule has 0 aliphatic carbocycles. The van der Waals surface area contributed by atoms with E-state index in [0.29, 0.717) is 24.3 Å². The molecule has 0 radical (unpaired) electrons. The van der Waals surface area contributed by atoms with Gasteiger partial charge in [0.1, 0.15) is 0 Å². The van der Waals surface area contributed by atoms with Crippen LogP contribution < -0.4 is 0 Å². The van der Waals surface area contributed by atoms with Gasteiger partial charge in [0.2, 0.25) is 10.0 Å². The van der Waals surface area contributed by atoms with Gasteiger partial charge in [-0.2, -0.15) is 4.31 Å². The molecule has 26 heavy (non-hydrogen) atoms. The Hall–Kier alpha value is -0.920. The van der Waals surface area contributed by atoms with Crippen LogP contribution in [0.4, 0.5) is 0 Å². The van der Waals surface area contributed by atoms with Gasteiger partial charge in [-0.25, -0.2) is 16.8 Å². The third-order valence-corrected chi connectivity index (χ3v) is 8.96. The van der Waals surface area contributed by atoms with Crippen LogP contribution in [0.15, 0.2) is 17.0 Å². The lowest BCUT2D eigenvalue weighted by Gasteiger charge is -2.29. The highest BCUT2D eigenvalue weighted by Gasteiger charge is 2.39. The fraction of sp³-hybridized carbons (Fsp3) is 0.684. The molecular formula is C19H31NO4S2. The molecule has 1 heterocycles. The molecule has 1 aromatic carbocycles. The van der Waals surface area contributed by atoms with Crippen LogP contribution in [-0.2, 0) is 25.3 Å². The molecule has 7 heteroatoms. The second-order valence-corrected chi connectivity index (χ2v) is 12.4. The number of aryl methyl sites for hydroxylation is 2. The van der Waals surface area contributed by atoms with Crippen molar-refractivity contribution in [3.63, 3.8) is 0 Å². The standard InChI is InChI=1S/C19H31NO4S2/c1-7-9-20(17-8-10-25(21,22)13-17)26(23,24)18-14(2)11-16(12-15(18)3)19(4,5)6/h11-12,17H,7-10,13H2,1-6H3. The van der Waals surface area contributed by atoms with Crippen LogP contribution in [0, 0.1) is 13.8 Å². The maximum atomic E-state index is 13.5. The van der Waals surface area contributed by atoms with E-state index in [-0.39, 0.29) is 16.9 Å². The summed E-state index contributed by atoms with van der Waals surface area (Å²) in [5.74, 6) is -0.0152. The molecule has 1 saturated heterocycles. The Balaban J connectivity index is 2.54. The van der Waals surface area contributed by atoms with E-state index >= 15 is 0 Å². The summed E-state index contributed by atoms with van der Waals surface area (Å²) in [4.78, 5) is 0.322. The van der Waals surface area contributed by atoms with Gasteiger partial charge in [0.25, 0.3) is 0 Å². The van der Waals surface area contributed by atoms with Gasteiger partial charge in [-0.1, -0.05) is 39.8 Å². The van der Waals surface area contributed by atoms with Crippen molar-refractivity contribution in [2.45, 2.75) is 70.7 Å². The average Bonchev–Trinajstić information content (AvgIpc) is 2.82. The summed E-state index contributed by atoms with van der Waals surface area (Å²) in [5.41, 5.74) is 2.46. The molecule has 1 atom stereocenters. The van der Waals surface area contributed by atoms with Gasteiger partial charge < -0.3 is 0 Å². The van der Waals surface area contributed by atoms with E-state index in [1.165, 1.54) is 4.31 Å². The molecule has 1 fully saturated rings. The highest BCUT2D eigenvalue weighted by Crippen LogP contribution is 2.32. The summed E-state index contributed by atoms with van der Waals surface area (Å²) < 4.78 is 52.1. The number of benzene rings is 1. The minimum absolute atomic E-state index is 0.0638. The summed E-state index contributed by atoms with van der Waals surface area (Å²) in [6.45, 7) is 12.2. The Morgan fingerprint density at radius 1 is 1.15 bits per heavy atom. The van der Waals surface area contributed by atoms with Crippen molar-refractivity contribution >= 4 is 19.9 Å². The van der Waals surface area contributed by atoms with E-state index in [4.69, 9.17) is 0 Å². The monoisotopic (exact) mass is 401 g/mol. The molecule has 0 amide bonds. The second-order valence-electron chi connectivity index (χ2n) is 8.36. The smallest absolute Gasteiger partial charge is 0.229 e. The zero-order chi connectivity index (χ0) is 19.9. The zero-order valence-electron chi connectivity index (χ0n) is 16.7. The Morgan fingerprint density at radius 3 is 2.08 bits per heavy atom. The lowest BCUT2D eigenvalue weighted by molar-refractivity contribution is 0.340. The summed E-state index contributed by atoms with van der Waals surface area (Å²) in [6.07, 6.45) is 1.02. The van der Waals surface area contributed by atoms with Gasteiger partial charge in [-0.3, -0.25) is 0 Å². The molecule has 0 spiro atoms. The largest absolute Gasteiger partial charge is 0.243 e. The normalized spacial score (nSPS) is 20.7. The van der Waals surface area contributed by atoms with Crippen LogP contribution in [0.5, 0.6) is 0 Å². The fourth-order valence-corrected chi connectivity index (χ4v) is 7.62. The van der Waals surface area contributed by atoms with Gasteiger partial charge in [0.05, 0.1) is 16.4 Å². The molecule has 0 saturated carbocycles. The predicted molar refractivity (Wildman–Crippen MR) is 106 cm³/mol. The van der Waals surface area contributed by atoms with E-state index in [1.807, 2.05) is 32.9 Å². The van der Waals surface area contributed by atoms with Crippen molar-refractivity contribution < 1.29 is 16.8 Å². The van der Waals surface area contributed by atoms with Crippen molar-refractivity contribution in [1.82, 2.24) is 4.31 Å². The third-order valence-electron chi connectivity index (χ3n) is 4.95. The van der Waals surface area contributed by atoms with Crippen LogP contribution in [-0.4, -0.2) is 45.2 Å².